The molecule has 0 saturated carbocycles. The fourth-order valence-electron chi connectivity index (χ4n) is 1.84. The van der Waals surface area contributed by atoms with Crippen LogP contribution in [0.3, 0.4) is 0 Å². The maximum absolute atomic E-state index is 11.3. The Morgan fingerprint density at radius 1 is 1.56 bits per heavy atom. The van der Waals surface area contributed by atoms with E-state index in [0.717, 1.165) is 6.42 Å². The van der Waals surface area contributed by atoms with Crippen LogP contribution in [0.5, 0.6) is 0 Å². The molecular formula is C12H24N2O4. The normalized spacial score (nSPS) is 22.8. The zero-order valence-electron chi connectivity index (χ0n) is 11.6. The molecule has 1 aliphatic rings. The number of hydrogen-bond donors (Lipinski definition) is 2. The van der Waals surface area contributed by atoms with Gasteiger partial charge in [0, 0.05) is 19.1 Å². The Balaban J connectivity index is 2.34. The van der Waals surface area contributed by atoms with Gasteiger partial charge in [-0.05, 0) is 34.1 Å². The molecule has 1 fully saturated rings. The quantitative estimate of drug-likeness (QED) is 0.735. The summed E-state index contributed by atoms with van der Waals surface area (Å²) in [5, 5.41) is 12.7. The number of nitrogens with zero attached hydrogens (tertiary/aromatic N) is 1. The van der Waals surface area contributed by atoms with E-state index in [4.69, 9.17) is 9.47 Å². The van der Waals surface area contributed by atoms with Crippen LogP contribution >= 0.6 is 0 Å². The molecule has 6 heteroatoms. The standard InChI is InChI=1S/C12H24N2O4/c1-5-17-10(15)13-9-6-7-14(8-9)11(16)18-12(2,3)4/h9,11,16H,5-8H2,1-4H3,(H,13,15)/t9-,11?/m0/s1. The van der Waals surface area contributed by atoms with Crippen molar-refractivity contribution in [3.63, 3.8) is 0 Å². The van der Waals surface area contributed by atoms with E-state index in [-0.39, 0.29) is 6.04 Å². The Labute approximate surface area is 108 Å². The van der Waals surface area contributed by atoms with Crippen molar-refractivity contribution in [1.82, 2.24) is 10.2 Å². The lowest BCUT2D eigenvalue weighted by Gasteiger charge is -2.29. The second-order valence-corrected chi connectivity index (χ2v) is 5.40. The van der Waals surface area contributed by atoms with Crippen molar-refractivity contribution < 1.29 is 19.4 Å². The summed E-state index contributed by atoms with van der Waals surface area (Å²) < 4.78 is 10.3. The molecular weight excluding hydrogens is 236 g/mol. The molecule has 1 rings (SSSR count). The molecule has 18 heavy (non-hydrogen) atoms. The van der Waals surface area contributed by atoms with E-state index in [9.17, 15) is 9.90 Å². The first-order valence-corrected chi connectivity index (χ1v) is 6.35. The van der Waals surface area contributed by atoms with Gasteiger partial charge < -0.3 is 19.9 Å². The fourth-order valence-corrected chi connectivity index (χ4v) is 1.84. The Hall–Kier alpha value is -0.850. The summed E-state index contributed by atoms with van der Waals surface area (Å²) in [7, 11) is 0. The number of ether oxygens (including phenoxy) is 2. The first kappa shape index (κ1) is 15.2. The summed E-state index contributed by atoms with van der Waals surface area (Å²) in [6, 6.07) is 0.00210. The molecule has 0 bridgehead atoms. The molecule has 2 atom stereocenters. The van der Waals surface area contributed by atoms with Crippen LogP contribution in [0.15, 0.2) is 0 Å². The van der Waals surface area contributed by atoms with E-state index < -0.39 is 18.1 Å². The molecule has 1 heterocycles. The fraction of sp³-hybridized carbons (Fsp3) is 0.917. The predicted molar refractivity (Wildman–Crippen MR) is 67.0 cm³/mol. The third-order valence-electron chi connectivity index (χ3n) is 2.59. The summed E-state index contributed by atoms with van der Waals surface area (Å²) >= 11 is 0. The summed E-state index contributed by atoms with van der Waals surface area (Å²) in [4.78, 5) is 13.1. The smallest absolute Gasteiger partial charge is 0.407 e. The van der Waals surface area contributed by atoms with E-state index in [2.05, 4.69) is 5.32 Å². The van der Waals surface area contributed by atoms with Gasteiger partial charge in [0.05, 0.1) is 12.2 Å². The van der Waals surface area contributed by atoms with Crippen molar-refractivity contribution in [3.05, 3.63) is 0 Å². The van der Waals surface area contributed by atoms with Gasteiger partial charge in [0.25, 0.3) is 0 Å². The van der Waals surface area contributed by atoms with E-state index in [1.807, 2.05) is 20.8 Å². The number of carbonyl (C=O) groups is 1. The molecule has 6 nitrogen and oxygen atoms in total. The van der Waals surface area contributed by atoms with Crippen molar-refractivity contribution in [2.75, 3.05) is 19.7 Å². The predicted octanol–water partition coefficient (Wildman–Crippen LogP) is 0.898. The Kier molecular flexibility index (Phi) is 5.37. The van der Waals surface area contributed by atoms with E-state index >= 15 is 0 Å². The lowest BCUT2D eigenvalue weighted by Crippen LogP contribution is -2.43. The molecule has 0 radical (unpaired) electrons. The third kappa shape index (κ3) is 5.20. The number of hydrogen-bond acceptors (Lipinski definition) is 5. The maximum atomic E-state index is 11.3. The number of likely N-dealkylation sites (tertiary alicyclic amines) is 1. The van der Waals surface area contributed by atoms with Crippen molar-refractivity contribution >= 4 is 6.09 Å². The molecule has 2 N–H and O–H groups in total. The molecule has 1 unspecified atom stereocenters. The second kappa shape index (κ2) is 6.36. The lowest BCUT2D eigenvalue weighted by atomic mass is 10.2. The van der Waals surface area contributed by atoms with Crippen LogP contribution in [0.1, 0.15) is 34.1 Å². The number of aliphatic hydroxyl groups is 1. The zero-order valence-corrected chi connectivity index (χ0v) is 11.6. The SMILES string of the molecule is CCOC(=O)N[C@H]1CCN(C(O)OC(C)(C)C)C1. The topological polar surface area (TPSA) is 71.0 Å². The molecule has 1 saturated heterocycles. The van der Waals surface area contributed by atoms with Crippen LogP contribution in [0.4, 0.5) is 4.79 Å². The number of rotatable bonds is 4. The van der Waals surface area contributed by atoms with Gasteiger partial charge in [-0.2, -0.15) is 0 Å². The van der Waals surface area contributed by atoms with Gasteiger partial charge in [0.1, 0.15) is 0 Å². The van der Waals surface area contributed by atoms with Crippen molar-refractivity contribution in [3.8, 4) is 0 Å². The molecule has 0 aromatic carbocycles. The number of alkyl carbamates (subject to hydrolysis) is 1. The summed E-state index contributed by atoms with van der Waals surface area (Å²) in [6.07, 6.45) is -0.557. The van der Waals surface area contributed by atoms with E-state index in [0.29, 0.717) is 19.7 Å². The number of aliphatic hydroxyl groups excluding tert-OH is 1. The number of nitrogens with one attached hydrogen (secondary N) is 1. The molecule has 1 amide bonds. The van der Waals surface area contributed by atoms with Crippen LogP contribution in [0.2, 0.25) is 0 Å². The summed E-state index contributed by atoms with van der Waals surface area (Å²) in [5.74, 6) is 0. The molecule has 0 aliphatic carbocycles. The highest BCUT2D eigenvalue weighted by atomic mass is 16.6. The average Bonchev–Trinajstić information content (AvgIpc) is 2.63. The van der Waals surface area contributed by atoms with Gasteiger partial charge in [0.2, 0.25) is 6.41 Å². The first-order chi connectivity index (χ1) is 8.31. The van der Waals surface area contributed by atoms with Gasteiger partial charge in [-0.3, -0.25) is 4.90 Å². The van der Waals surface area contributed by atoms with Gasteiger partial charge in [-0.15, -0.1) is 0 Å². The lowest BCUT2D eigenvalue weighted by molar-refractivity contribution is -0.234. The number of amides is 1. The highest BCUT2D eigenvalue weighted by molar-refractivity contribution is 5.67. The van der Waals surface area contributed by atoms with Crippen molar-refractivity contribution in [1.29, 1.82) is 0 Å². The van der Waals surface area contributed by atoms with Crippen LogP contribution < -0.4 is 5.32 Å². The van der Waals surface area contributed by atoms with Gasteiger partial charge in [-0.25, -0.2) is 4.79 Å². The minimum absolute atomic E-state index is 0.00210. The van der Waals surface area contributed by atoms with Crippen molar-refractivity contribution in [2.45, 2.75) is 52.2 Å². The molecule has 106 valence electrons. The molecule has 0 aromatic rings. The van der Waals surface area contributed by atoms with Crippen LogP contribution in [-0.4, -0.2) is 53.9 Å². The minimum atomic E-state index is -0.931. The maximum Gasteiger partial charge on any atom is 0.407 e. The Bertz CT molecular complexity index is 278. The van der Waals surface area contributed by atoms with E-state index in [1.54, 1.807) is 11.8 Å². The van der Waals surface area contributed by atoms with Crippen LogP contribution in [0, 0.1) is 0 Å². The van der Waals surface area contributed by atoms with E-state index in [1.165, 1.54) is 0 Å². The third-order valence-corrected chi connectivity index (χ3v) is 2.59. The monoisotopic (exact) mass is 260 g/mol. The molecule has 0 spiro atoms. The minimum Gasteiger partial charge on any atom is -0.450 e. The number of carbonyl (C=O) groups excluding carboxylic acids is 1. The van der Waals surface area contributed by atoms with Crippen LogP contribution in [-0.2, 0) is 9.47 Å². The summed E-state index contributed by atoms with van der Waals surface area (Å²) in [6.45, 7) is 9.05. The van der Waals surface area contributed by atoms with Gasteiger partial charge in [0.15, 0.2) is 0 Å². The largest absolute Gasteiger partial charge is 0.450 e. The zero-order chi connectivity index (χ0) is 13.8. The summed E-state index contributed by atoms with van der Waals surface area (Å²) in [5.41, 5.74) is -0.397. The Morgan fingerprint density at radius 3 is 2.78 bits per heavy atom. The molecule has 1 aliphatic heterocycles. The van der Waals surface area contributed by atoms with Gasteiger partial charge in [-0.1, -0.05) is 0 Å². The highest BCUT2D eigenvalue weighted by Crippen LogP contribution is 2.17. The highest BCUT2D eigenvalue weighted by Gasteiger charge is 2.30. The van der Waals surface area contributed by atoms with Crippen LogP contribution in [0.25, 0.3) is 0 Å². The van der Waals surface area contributed by atoms with Crippen molar-refractivity contribution in [2.24, 2.45) is 0 Å². The Morgan fingerprint density at radius 2 is 2.22 bits per heavy atom. The first-order valence-electron chi connectivity index (χ1n) is 6.35. The van der Waals surface area contributed by atoms with Gasteiger partial charge >= 0.3 is 6.09 Å². The second-order valence-electron chi connectivity index (χ2n) is 5.40. The molecule has 0 aromatic heterocycles. The average molecular weight is 260 g/mol.